The lowest BCUT2D eigenvalue weighted by Crippen LogP contribution is -1.94. The highest BCUT2D eigenvalue weighted by Gasteiger charge is 2.13. The first kappa shape index (κ1) is 12.6. The monoisotopic (exact) mass is 286 g/mol. The lowest BCUT2D eigenvalue weighted by molar-refractivity contribution is 0.423. The van der Waals surface area contributed by atoms with Crippen LogP contribution in [0.25, 0.3) is 11.6 Å². The summed E-state index contributed by atoms with van der Waals surface area (Å²) in [5, 5.41) is 4.61. The SMILES string of the molecule is Nc1cccnc1-c1nc(Cc2cccc(Cl)c2)no1. The van der Waals surface area contributed by atoms with Crippen LogP contribution in [0.5, 0.6) is 0 Å². The third kappa shape index (κ3) is 2.62. The van der Waals surface area contributed by atoms with E-state index in [0.29, 0.717) is 34.5 Å². The number of nitrogen functional groups attached to an aromatic ring is 1. The van der Waals surface area contributed by atoms with Gasteiger partial charge in [0.2, 0.25) is 0 Å². The maximum Gasteiger partial charge on any atom is 0.278 e. The van der Waals surface area contributed by atoms with Gasteiger partial charge < -0.3 is 10.3 Å². The number of rotatable bonds is 3. The molecule has 2 heterocycles. The first-order valence-electron chi connectivity index (χ1n) is 6.00. The van der Waals surface area contributed by atoms with Crippen molar-refractivity contribution in [3.8, 4) is 11.6 Å². The van der Waals surface area contributed by atoms with Gasteiger partial charge in [0.1, 0.15) is 0 Å². The van der Waals surface area contributed by atoms with Gasteiger partial charge in [0.15, 0.2) is 11.5 Å². The zero-order valence-electron chi connectivity index (χ0n) is 10.5. The largest absolute Gasteiger partial charge is 0.397 e. The molecular weight excluding hydrogens is 276 g/mol. The summed E-state index contributed by atoms with van der Waals surface area (Å²) in [6, 6.07) is 11.0. The number of nitrogens with zero attached hydrogens (tertiary/aromatic N) is 3. The van der Waals surface area contributed by atoms with Crippen molar-refractivity contribution in [2.24, 2.45) is 0 Å². The standard InChI is InChI=1S/C14H11ClN4O/c15-10-4-1-3-9(7-10)8-12-18-14(20-19-12)13-11(16)5-2-6-17-13/h1-7H,8,16H2. The number of halogens is 1. The lowest BCUT2D eigenvalue weighted by Gasteiger charge is -1.97. The summed E-state index contributed by atoms with van der Waals surface area (Å²) >= 11 is 5.94. The highest BCUT2D eigenvalue weighted by molar-refractivity contribution is 6.30. The summed E-state index contributed by atoms with van der Waals surface area (Å²) < 4.78 is 5.20. The summed E-state index contributed by atoms with van der Waals surface area (Å²) in [6.07, 6.45) is 2.17. The van der Waals surface area contributed by atoms with Gasteiger partial charge in [-0.25, -0.2) is 4.98 Å². The van der Waals surface area contributed by atoms with Gasteiger partial charge in [-0.1, -0.05) is 28.9 Å². The number of pyridine rings is 1. The molecular formula is C14H11ClN4O. The highest BCUT2D eigenvalue weighted by Crippen LogP contribution is 2.21. The Labute approximate surface area is 120 Å². The van der Waals surface area contributed by atoms with Crippen molar-refractivity contribution < 1.29 is 4.52 Å². The molecule has 5 nitrogen and oxygen atoms in total. The molecule has 20 heavy (non-hydrogen) atoms. The van der Waals surface area contributed by atoms with Crippen LogP contribution in [-0.2, 0) is 6.42 Å². The summed E-state index contributed by atoms with van der Waals surface area (Å²) in [7, 11) is 0. The van der Waals surface area contributed by atoms with Crippen molar-refractivity contribution in [1.82, 2.24) is 15.1 Å². The van der Waals surface area contributed by atoms with Gasteiger partial charge >= 0.3 is 0 Å². The third-order valence-electron chi connectivity index (χ3n) is 2.76. The van der Waals surface area contributed by atoms with Crippen LogP contribution >= 0.6 is 11.6 Å². The van der Waals surface area contributed by atoms with Crippen LogP contribution in [0.4, 0.5) is 5.69 Å². The normalized spacial score (nSPS) is 10.7. The van der Waals surface area contributed by atoms with Crippen molar-refractivity contribution in [3.05, 3.63) is 59.0 Å². The van der Waals surface area contributed by atoms with Crippen LogP contribution in [-0.4, -0.2) is 15.1 Å². The van der Waals surface area contributed by atoms with Gasteiger partial charge in [0.05, 0.1) is 5.69 Å². The van der Waals surface area contributed by atoms with E-state index in [1.54, 1.807) is 18.3 Å². The van der Waals surface area contributed by atoms with Crippen molar-refractivity contribution in [2.75, 3.05) is 5.73 Å². The molecule has 0 atom stereocenters. The molecule has 0 saturated carbocycles. The van der Waals surface area contributed by atoms with E-state index in [2.05, 4.69) is 15.1 Å². The van der Waals surface area contributed by atoms with E-state index in [1.165, 1.54) is 0 Å². The molecule has 0 amide bonds. The predicted octanol–water partition coefficient (Wildman–Crippen LogP) is 2.96. The van der Waals surface area contributed by atoms with Crippen molar-refractivity contribution >= 4 is 17.3 Å². The van der Waals surface area contributed by atoms with E-state index in [1.807, 2.05) is 24.3 Å². The zero-order chi connectivity index (χ0) is 13.9. The van der Waals surface area contributed by atoms with Crippen molar-refractivity contribution in [3.63, 3.8) is 0 Å². The van der Waals surface area contributed by atoms with Gasteiger partial charge in [-0.3, -0.25) is 0 Å². The molecule has 100 valence electrons. The van der Waals surface area contributed by atoms with E-state index in [-0.39, 0.29) is 0 Å². The average molecular weight is 287 g/mol. The Kier molecular flexibility index (Phi) is 3.35. The molecule has 0 radical (unpaired) electrons. The topological polar surface area (TPSA) is 77.8 Å². The molecule has 0 aliphatic heterocycles. The van der Waals surface area contributed by atoms with Crippen LogP contribution in [0.15, 0.2) is 47.1 Å². The fraction of sp³-hybridized carbons (Fsp3) is 0.0714. The fourth-order valence-corrected chi connectivity index (χ4v) is 2.06. The summed E-state index contributed by atoms with van der Waals surface area (Å²) in [4.78, 5) is 8.44. The van der Waals surface area contributed by atoms with E-state index in [4.69, 9.17) is 21.9 Å². The van der Waals surface area contributed by atoms with Gasteiger partial charge in [0.25, 0.3) is 5.89 Å². The second-order valence-corrected chi connectivity index (χ2v) is 4.70. The molecule has 0 unspecified atom stereocenters. The van der Waals surface area contributed by atoms with Crippen molar-refractivity contribution in [1.29, 1.82) is 0 Å². The predicted molar refractivity (Wildman–Crippen MR) is 76.2 cm³/mol. The number of aromatic nitrogens is 3. The maximum absolute atomic E-state index is 5.94. The van der Waals surface area contributed by atoms with Crippen LogP contribution < -0.4 is 5.73 Å². The Morgan fingerprint density at radius 1 is 1.20 bits per heavy atom. The smallest absolute Gasteiger partial charge is 0.278 e. The lowest BCUT2D eigenvalue weighted by atomic mass is 10.1. The van der Waals surface area contributed by atoms with Gasteiger partial charge in [-0.05, 0) is 29.8 Å². The highest BCUT2D eigenvalue weighted by atomic mass is 35.5. The minimum Gasteiger partial charge on any atom is -0.397 e. The summed E-state index contributed by atoms with van der Waals surface area (Å²) in [5.74, 6) is 0.882. The third-order valence-corrected chi connectivity index (χ3v) is 3.00. The Morgan fingerprint density at radius 2 is 2.10 bits per heavy atom. The average Bonchev–Trinajstić information content (AvgIpc) is 2.87. The van der Waals surface area contributed by atoms with Crippen molar-refractivity contribution in [2.45, 2.75) is 6.42 Å². The summed E-state index contributed by atoms with van der Waals surface area (Å²) in [6.45, 7) is 0. The maximum atomic E-state index is 5.94. The number of nitrogens with two attached hydrogens (primary N) is 1. The summed E-state index contributed by atoms with van der Waals surface area (Å²) in [5.41, 5.74) is 7.84. The van der Waals surface area contributed by atoms with E-state index in [9.17, 15) is 0 Å². The Hall–Kier alpha value is -2.40. The number of hydrogen-bond donors (Lipinski definition) is 1. The molecule has 0 aliphatic rings. The van der Waals surface area contributed by atoms with Gasteiger partial charge in [0, 0.05) is 17.6 Å². The fourth-order valence-electron chi connectivity index (χ4n) is 1.85. The number of hydrogen-bond acceptors (Lipinski definition) is 5. The van der Waals surface area contributed by atoms with Crippen LogP contribution in [0.3, 0.4) is 0 Å². The zero-order valence-corrected chi connectivity index (χ0v) is 11.2. The number of anilines is 1. The molecule has 2 N–H and O–H groups in total. The molecule has 1 aromatic carbocycles. The molecule has 0 fully saturated rings. The van der Waals surface area contributed by atoms with E-state index < -0.39 is 0 Å². The molecule has 0 spiro atoms. The second kappa shape index (κ2) is 5.30. The van der Waals surface area contributed by atoms with Gasteiger partial charge in [-0.15, -0.1) is 0 Å². The minimum atomic E-state index is 0.320. The Morgan fingerprint density at radius 3 is 2.90 bits per heavy atom. The molecule has 0 bridgehead atoms. The molecule has 6 heteroatoms. The van der Waals surface area contributed by atoms with E-state index >= 15 is 0 Å². The second-order valence-electron chi connectivity index (χ2n) is 4.26. The minimum absolute atomic E-state index is 0.320. The molecule has 0 saturated heterocycles. The first-order chi connectivity index (χ1) is 9.72. The van der Waals surface area contributed by atoms with Crippen LogP contribution in [0, 0.1) is 0 Å². The van der Waals surface area contributed by atoms with Crippen LogP contribution in [0.1, 0.15) is 11.4 Å². The number of benzene rings is 1. The molecule has 3 aromatic rings. The van der Waals surface area contributed by atoms with Crippen LogP contribution in [0.2, 0.25) is 5.02 Å². The quantitative estimate of drug-likeness (QED) is 0.801. The Balaban J connectivity index is 1.86. The Bertz CT molecular complexity index is 741. The molecule has 2 aromatic heterocycles. The first-order valence-corrected chi connectivity index (χ1v) is 6.38. The van der Waals surface area contributed by atoms with Gasteiger partial charge in [-0.2, -0.15) is 4.98 Å². The molecule has 3 rings (SSSR count). The molecule has 0 aliphatic carbocycles. The van der Waals surface area contributed by atoms with E-state index in [0.717, 1.165) is 5.56 Å².